The molecule has 128 valence electrons. The highest BCUT2D eigenvalue weighted by Gasteiger charge is 2.34. The minimum atomic E-state index is -0.724. The van der Waals surface area contributed by atoms with Crippen LogP contribution in [-0.4, -0.2) is 46.2 Å². The lowest BCUT2D eigenvalue weighted by atomic mass is 9.85. The number of fused-ring (bicyclic) bond motifs is 1. The fraction of sp³-hybridized carbons (Fsp3) is 0.333. The number of ketones is 2. The first kappa shape index (κ1) is 17.9. The lowest BCUT2D eigenvalue weighted by Gasteiger charge is -2.23. The average Bonchev–Trinajstić information content (AvgIpc) is 2.53. The summed E-state index contributed by atoms with van der Waals surface area (Å²) < 4.78 is 5.50. The number of hydrogen-bond acceptors (Lipinski definition) is 6. The Morgan fingerprint density at radius 3 is 2.38 bits per heavy atom. The molecule has 1 atom stereocenters. The van der Waals surface area contributed by atoms with Crippen molar-refractivity contribution in [2.24, 2.45) is 0 Å². The number of Topliss-reactive ketones (excluding diaryl/α,β-unsaturated/α-hetero) is 1. The predicted octanol–water partition coefficient (Wildman–Crippen LogP) is 2.14. The maximum Gasteiger partial charge on any atom is 0.196 e. The molecule has 0 aliphatic heterocycles. The zero-order valence-electron chi connectivity index (χ0n) is 13.6. The second-order valence-electron chi connectivity index (χ2n) is 5.75. The number of ether oxygens (including phenoxy) is 1. The van der Waals surface area contributed by atoms with Gasteiger partial charge in [0.2, 0.25) is 0 Å². The summed E-state index contributed by atoms with van der Waals surface area (Å²) in [6, 6.07) is 2.34. The van der Waals surface area contributed by atoms with E-state index in [0.717, 1.165) is 11.6 Å². The van der Waals surface area contributed by atoms with Crippen LogP contribution in [0.3, 0.4) is 0 Å². The first-order valence-corrected chi connectivity index (χ1v) is 7.58. The Balaban J connectivity index is 2.45. The molecule has 0 radical (unpaired) electrons. The number of aliphatic hydroxyl groups excluding tert-OH is 1. The summed E-state index contributed by atoms with van der Waals surface area (Å²) in [5.41, 5.74) is 0.696. The van der Waals surface area contributed by atoms with E-state index in [-0.39, 0.29) is 41.4 Å². The van der Waals surface area contributed by atoms with Crippen LogP contribution in [0.15, 0.2) is 35.4 Å². The van der Waals surface area contributed by atoms with Gasteiger partial charge in [0.05, 0.1) is 30.4 Å². The molecule has 0 saturated carbocycles. The molecule has 1 aliphatic carbocycles. The Morgan fingerprint density at radius 1 is 1.17 bits per heavy atom. The van der Waals surface area contributed by atoms with Crippen molar-refractivity contribution in [1.29, 1.82) is 0 Å². The van der Waals surface area contributed by atoms with Gasteiger partial charge < -0.3 is 20.1 Å². The van der Waals surface area contributed by atoms with Crippen LogP contribution in [0.2, 0.25) is 0 Å². The summed E-state index contributed by atoms with van der Waals surface area (Å²) in [4.78, 5) is 25.0. The van der Waals surface area contributed by atoms with Crippen molar-refractivity contribution >= 4 is 11.6 Å². The van der Waals surface area contributed by atoms with Crippen molar-refractivity contribution in [2.75, 3.05) is 13.2 Å². The summed E-state index contributed by atoms with van der Waals surface area (Å²) in [5.74, 6) is -1.85. The quantitative estimate of drug-likeness (QED) is 0.544. The van der Waals surface area contributed by atoms with Crippen LogP contribution in [0, 0.1) is 0 Å². The van der Waals surface area contributed by atoms with E-state index in [2.05, 4.69) is 0 Å². The average molecular weight is 332 g/mol. The van der Waals surface area contributed by atoms with Gasteiger partial charge in [0.1, 0.15) is 11.5 Å². The van der Waals surface area contributed by atoms with Gasteiger partial charge in [-0.1, -0.05) is 11.6 Å². The molecule has 6 nitrogen and oxygen atoms in total. The van der Waals surface area contributed by atoms with Gasteiger partial charge in [-0.15, -0.1) is 0 Å². The fourth-order valence-electron chi connectivity index (χ4n) is 2.54. The van der Waals surface area contributed by atoms with E-state index < -0.39 is 17.7 Å². The molecule has 0 amide bonds. The van der Waals surface area contributed by atoms with Crippen molar-refractivity contribution in [3.8, 4) is 11.5 Å². The maximum absolute atomic E-state index is 12.7. The number of hydrogen-bond donors (Lipinski definition) is 3. The minimum absolute atomic E-state index is 0.0129. The third-order valence-corrected chi connectivity index (χ3v) is 3.68. The first-order chi connectivity index (χ1) is 11.4. The van der Waals surface area contributed by atoms with Crippen LogP contribution in [-0.2, 0) is 4.74 Å². The molecule has 0 unspecified atom stereocenters. The van der Waals surface area contributed by atoms with Crippen LogP contribution in [0.4, 0.5) is 0 Å². The zero-order valence-corrected chi connectivity index (χ0v) is 13.6. The normalized spacial score (nSPS) is 14.9. The molecular weight excluding hydrogens is 312 g/mol. The fourth-order valence-corrected chi connectivity index (χ4v) is 2.54. The highest BCUT2D eigenvalue weighted by Crippen LogP contribution is 2.36. The van der Waals surface area contributed by atoms with Crippen molar-refractivity contribution in [2.45, 2.75) is 26.4 Å². The van der Waals surface area contributed by atoms with Crippen LogP contribution >= 0.6 is 0 Å². The smallest absolute Gasteiger partial charge is 0.196 e. The molecule has 1 aromatic carbocycles. The van der Waals surface area contributed by atoms with E-state index in [1.165, 1.54) is 12.1 Å². The van der Waals surface area contributed by atoms with Crippen molar-refractivity contribution in [3.05, 3.63) is 46.6 Å². The number of aliphatic hydroxyl groups is 1. The van der Waals surface area contributed by atoms with E-state index in [4.69, 9.17) is 9.84 Å². The summed E-state index contributed by atoms with van der Waals surface area (Å²) in [7, 11) is 0. The number of carbonyl (C=O) groups excluding carboxylic acids is 2. The first-order valence-electron chi connectivity index (χ1n) is 7.58. The molecule has 0 heterocycles. The molecular formula is C18H20O6. The zero-order chi connectivity index (χ0) is 17.9. The van der Waals surface area contributed by atoms with Crippen LogP contribution in [0.1, 0.15) is 41.0 Å². The number of phenols is 2. The molecule has 2 rings (SSSR count). The molecule has 0 spiro atoms. The molecule has 1 aromatic rings. The monoisotopic (exact) mass is 332 g/mol. The minimum Gasteiger partial charge on any atom is -0.507 e. The van der Waals surface area contributed by atoms with E-state index in [1.54, 1.807) is 0 Å². The van der Waals surface area contributed by atoms with Crippen LogP contribution < -0.4 is 0 Å². The molecule has 0 bridgehead atoms. The molecule has 3 N–H and O–H groups in total. The molecule has 0 saturated heterocycles. The Kier molecular flexibility index (Phi) is 5.54. The lowest BCUT2D eigenvalue weighted by Crippen LogP contribution is -2.28. The van der Waals surface area contributed by atoms with E-state index in [0.29, 0.717) is 6.42 Å². The Hall–Kier alpha value is -2.44. The number of rotatable bonds is 6. The Bertz CT molecular complexity index is 725. The van der Waals surface area contributed by atoms with Gasteiger partial charge in [-0.2, -0.15) is 0 Å². The Morgan fingerprint density at radius 2 is 1.79 bits per heavy atom. The molecule has 0 fully saturated rings. The standard InChI is InChI=1S/C18H20O6/c1-10(2)3-6-15(24-8-7-19)11-9-14(22)16-12(20)4-5-13(21)17(16)18(11)23/h3-5,9,15,19-21H,6-8H2,1-2H3/t15-/m1/s1. The molecule has 24 heavy (non-hydrogen) atoms. The van der Waals surface area contributed by atoms with Crippen LogP contribution in [0.25, 0.3) is 0 Å². The second kappa shape index (κ2) is 7.42. The number of allylic oxidation sites excluding steroid dienone is 2. The predicted molar refractivity (Wildman–Crippen MR) is 87.4 cm³/mol. The van der Waals surface area contributed by atoms with E-state index in [9.17, 15) is 19.8 Å². The highest BCUT2D eigenvalue weighted by molar-refractivity contribution is 6.27. The lowest BCUT2D eigenvalue weighted by molar-refractivity contribution is 0.0466. The van der Waals surface area contributed by atoms with Gasteiger partial charge in [-0.25, -0.2) is 0 Å². The van der Waals surface area contributed by atoms with Gasteiger partial charge in [-0.05, 0) is 38.5 Å². The van der Waals surface area contributed by atoms with E-state index >= 15 is 0 Å². The second-order valence-corrected chi connectivity index (χ2v) is 5.75. The highest BCUT2D eigenvalue weighted by atomic mass is 16.5. The van der Waals surface area contributed by atoms with Crippen molar-refractivity contribution in [3.63, 3.8) is 0 Å². The number of carbonyl (C=O) groups is 2. The molecule has 1 aliphatic rings. The van der Waals surface area contributed by atoms with Gasteiger partial charge in [0, 0.05) is 5.57 Å². The summed E-state index contributed by atoms with van der Waals surface area (Å²) in [6.07, 6.45) is 2.61. The van der Waals surface area contributed by atoms with Gasteiger partial charge in [0.15, 0.2) is 11.6 Å². The topological polar surface area (TPSA) is 104 Å². The number of phenolic OH excluding ortho intramolecular Hbond substituents is 2. The van der Waals surface area contributed by atoms with Crippen molar-refractivity contribution < 1.29 is 29.6 Å². The third kappa shape index (κ3) is 3.55. The third-order valence-electron chi connectivity index (χ3n) is 3.68. The SMILES string of the molecule is CC(C)=CC[C@@H](OCCO)C1=CC(=O)c2c(O)ccc(O)c2C1=O. The molecule has 6 heteroatoms. The van der Waals surface area contributed by atoms with E-state index in [1.807, 2.05) is 19.9 Å². The van der Waals surface area contributed by atoms with Gasteiger partial charge in [0.25, 0.3) is 0 Å². The Labute approximate surface area is 139 Å². The van der Waals surface area contributed by atoms with Gasteiger partial charge in [-0.3, -0.25) is 9.59 Å². The molecule has 0 aromatic heterocycles. The largest absolute Gasteiger partial charge is 0.507 e. The van der Waals surface area contributed by atoms with Crippen LogP contribution in [0.5, 0.6) is 11.5 Å². The maximum atomic E-state index is 12.7. The number of benzene rings is 1. The summed E-state index contributed by atoms with van der Waals surface area (Å²) in [5, 5.41) is 28.7. The number of aromatic hydroxyl groups is 2. The van der Waals surface area contributed by atoms with Gasteiger partial charge >= 0.3 is 0 Å². The summed E-state index contributed by atoms with van der Waals surface area (Å²) in [6.45, 7) is 3.58. The van der Waals surface area contributed by atoms with Crippen molar-refractivity contribution in [1.82, 2.24) is 0 Å². The summed E-state index contributed by atoms with van der Waals surface area (Å²) >= 11 is 0.